The molecule has 3 rings (SSSR count). The lowest BCUT2D eigenvalue weighted by Gasteiger charge is -2.42. The first kappa shape index (κ1) is 37.7. The Balaban J connectivity index is 2.32. The highest BCUT2D eigenvalue weighted by molar-refractivity contribution is 7.55. The van der Waals surface area contributed by atoms with Crippen LogP contribution in [0.1, 0.15) is 61.6 Å². The van der Waals surface area contributed by atoms with Crippen molar-refractivity contribution in [3.8, 4) is 0 Å². The Morgan fingerprint density at radius 3 is 2.11 bits per heavy atom. The van der Waals surface area contributed by atoms with Crippen LogP contribution in [0.4, 0.5) is 5.82 Å². The van der Waals surface area contributed by atoms with E-state index in [0.29, 0.717) is 11.2 Å². The maximum Gasteiger partial charge on any atom is 0.345 e. The summed E-state index contributed by atoms with van der Waals surface area (Å²) in [4.78, 5) is 26.8. The van der Waals surface area contributed by atoms with Crippen LogP contribution in [0.3, 0.4) is 0 Å². The molecular weight excluding hydrogens is 633 g/mol. The zero-order chi connectivity index (χ0) is 34.2. The van der Waals surface area contributed by atoms with Gasteiger partial charge >= 0.3 is 13.6 Å². The molecule has 2 N–H and O–H groups in total. The first-order chi connectivity index (χ1) is 20.7. The second-order valence-electron chi connectivity index (χ2n) is 14.5. The quantitative estimate of drug-likeness (QED) is 0.146. The summed E-state index contributed by atoms with van der Waals surface area (Å²) >= 11 is 0. The van der Waals surface area contributed by atoms with E-state index in [0.717, 1.165) is 0 Å². The third-order valence-corrected chi connectivity index (χ3v) is 20.9. The van der Waals surface area contributed by atoms with Crippen LogP contribution in [-0.4, -0.2) is 86.9 Å². The van der Waals surface area contributed by atoms with E-state index in [4.69, 9.17) is 33.1 Å². The Bertz CT molecular complexity index is 1370. The van der Waals surface area contributed by atoms with Crippen molar-refractivity contribution in [3.05, 3.63) is 12.7 Å². The number of aromatic nitrogens is 4. The highest BCUT2D eigenvalue weighted by atomic mass is 31.2. The lowest BCUT2D eigenvalue weighted by molar-refractivity contribution is -0.143. The first-order valence-electron chi connectivity index (χ1n) is 15.5. The standard InChI is InChI=1S/C29H54N5O8PSi2/c1-14-38-43(36,39-15-2)23(27(35)37-9)20-19(16-40-44(10,11)28(3,4)5)41-26(22(20)42-45(12,13)29(6,7)8)34-18-33-21-24(30)31-17-32-25(21)34/h17-20,22-23,26H,14-16H2,1-13H3,(H2,30,31,32)/t19-,20-,22-,23?,26-/m1/s1. The summed E-state index contributed by atoms with van der Waals surface area (Å²) < 4.78 is 54.0. The molecule has 13 nitrogen and oxygen atoms in total. The number of anilines is 1. The number of nitrogen functional groups attached to an aromatic ring is 1. The summed E-state index contributed by atoms with van der Waals surface area (Å²) in [6.07, 6.45) is 0.494. The van der Waals surface area contributed by atoms with E-state index in [1.165, 1.54) is 13.4 Å². The number of carbonyl (C=O) groups is 1. The predicted molar refractivity (Wildman–Crippen MR) is 179 cm³/mol. The molecule has 0 saturated carbocycles. The molecule has 1 saturated heterocycles. The summed E-state index contributed by atoms with van der Waals surface area (Å²) in [6, 6.07) is 0. The number of esters is 1. The minimum atomic E-state index is -4.12. The molecule has 1 aliphatic rings. The fourth-order valence-electron chi connectivity index (χ4n) is 4.90. The smallest absolute Gasteiger partial charge is 0.345 e. The number of methoxy groups -OCH3 is 1. The van der Waals surface area contributed by atoms with Crippen molar-refractivity contribution in [1.29, 1.82) is 0 Å². The summed E-state index contributed by atoms with van der Waals surface area (Å²) in [5.74, 6) is -1.38. The maximum absolute atomic E-state index is 14.6. The number of fused-ring (bicyclic) bond motifs is 1. The first-order valence-corrected chi connectivity index (χ1v) is 23.0. The van der Waals surface area contributed by atoms with Crippen LogP contribution < -0.4 is 5.73 Å². The van der Waals surface area contributed by atoms with Gasteiger partial charge in [-0.05, 0) is 50.1 Å². The minimum absolute atomic E-state index is 0.0586. The molecule has 1 fully saturated rings. The van der Waals surface area contributed by atoms with Crippen molar-refractivity contribution < 1.29 is 36.7 Å². The summed E-state index contributed by atoms with van der Waals surface area (Å²) in [7, 11) is -7.74. The van der Waals surface area contributed by atoms with Gasteiger partial charge in [0.15, 0.2) is 40.0 Å². The van der Waals surface area contributed by atoms with Gasteiger partial charge in [0.2, 0.25) is 0 Å². The van der Waals surface area contributed by atoms with Crippen molar-refractivity contribution in [2.75, 3.05) is 32.7 Å². The maximum atomic E-state index is 14.6. The van der Waals surface area contributed by atoms with Gasteiger partial charge < -0.3 is 33.1 Å². The number of nitrogens with two attached hydrogens (primary N) is 1. The molecule has 0 amide bonds. The number of rotatable bonds is 13. The van der Waals surface area contributed by atoms with E-state index in [1.807, 2.05) is 0 Å². The second kappa shape index (κ2) is 13.8. The van der Waals surface area contributed by atoms with Gasteiger partial charge in [-0.25, -0.2) is 15.0 Å². The Labute approximate surface area is 270 Å². The molecule has 5 atom stereocenters. The van der Waals surface area contributed by atoms with Gasteiger partial charge in [0.05, 0.1) is 45.5 Å². The molecule has 45 heavy (non-hydrogen) atoms. The van der Waals surface area contributed by atoms with Crippen molar-refractivity contribution in [2.45, 2.75) is 116 Å². The molecule has 0 aliphatic carbocycles. The van der Waals surface area contributed by atoms with Crippen LogP contribution in [-0.2, 0) is 36.7 Å². The third kappa shape index (κ3) is 7.72. The topological polar surface area (TPSA) is 159 Å². The lowest BCUT2D eigenvalue weighted by Crippen LogP contribution is -2.51. The van der Waals surface area contributed by atoms with Gasteiger partial charge in [-0.2, -0.15) is 0 Å². The van der Waals surface area contributed by atoms with Crippen molar-refractivity contribution >= 4 is 47.2 Å². The van der Waals surface area contributed by atoms with Crippen molar-refractivity contribution in [2.24, 2.45) is 5.92 Å². The molecule has 2 aromatic rings. The van der Waals surface area contributed by atoms with Gasteiger partial charge in [0, 0.05) is 5.92 Å². The van der Waals surface area contributed by atoms with Gasteiger partial charge in [0.1, 0.15) is 11.8 Å². The number of hydrogen-bond donors (Lipinski definition) is 1. The Morgan fingerprint density at radius 1 is 1.02 bits per heavy atom. The number of nitrogens with zero attached hydrogens (tertiary/aromatic N) is 4. The van der Waals surface area contributed by atoms with Crippen LogP contribution in [0.25, 0.3) is 11.2 Å². The lowest BCUT2D eigenvalue weighted by atomic mass is 9.94. The third-order valence-electron chi connectivity index (χ3n) is 9.48. The monoisotopic (exact) mass is 687 g/mol. The predicted octanol–water partition coefficient (Wildman–Crippen LogP) is 6.14. The fraction of sp³-hybridized carbons (Fsp3) is 0.793. The molecule has 0 bridgehead atoms. The Hall–Kier alpha value is -1.72. The fourth-order valence-corrected chi connectivity index (χ4v) is 9.48. The van der Waals surface area contributed by atoms with Crippen LogP contribution in [0.2, 0.25) is 36.3 Å². The summed E-state index contributed by atoms with van der Waals surface area (Å²) in [6.45, 7) is 25.0. The number of hydrogen-bond acceptors (Lipinski definition) is 12. The number of imidazole rings is 1. The van der Waals surface area contributed by atoms with E-state index in [-0.39, 0.29) is 35.7 Å². The van der Waals surface area contributed by atoms with Crippen LogP contribution in [0.15, 0.2) is 12.7 Å². The van der Waals surface area contributed by atoms with Crippen LogP contribution >= 0.6 is 7.60 Å². The average molecular weight is 688 g/mol. The summed E-state index contributed by atoms with van der Waals surface area (Å²) in [5.41, 5.74) is 5.62. The Kier molecular flexibility index (Phi) is 11.6. The molecule has 1 aliphatic heterocycles. The van der Waals surface area contributed by atoms with E-state index >= 15 is 0 Å². The normalized spacial score (nSPS) is 22.6. The SMILES string of the molecule is CCOP(=O)(OCC)C(C(=O)OC)[C@H]1[C@@H](O[Si](C)(C)C(C)(C)C)[C@H](n2cnc3c(N)ncnc32)O[C@@H]1CO[Si](C)(C)C(C)(C)C. The van der Waals surface area contributed by atoms with E-state index in [2.05, 4.69) is 82.7 Å². The number of ether oxygens (including phenoxy) is 2. The molecule has 2 aromatic heterocycles. The molecule has 16 heteroatoms. The number of carbonyl (C=O) groups excluding carboxylic acids is 1. The zero-order valence-corrected chi connectivity index (χ0v) is 32.1. The second-order valence-corrected chi connectivity index (χ2v) is 26.2. The van der Waals surface area contributed by atoms with E-state index in [9.17, 15) is 9.36 Å². The molecule has 3 heterocycles. The van der Waals surface area contributed by atoms with E-state index in [1.54, 1.807) is 24.7 Å². The van der Waals surface area contributed by atoms with Gasteiger partial charge in [-0.15, -0.1) is 0 Å². The molecule has 256 valence electrons. The zero-order valence-electron chi connectivity index (χ0n) is 29.2. The largest absolute Gasteiger partial charge is 0.468 e. The molecule has 0 spiro atoms. The van der Waals surface area contributed by atoms with Crippen molar-refractivity contribution in [3.63, 3.8) is 0 Å². The molecule has 0 aromatic carbocycles. The minimum Gasteiger partial charge on any atom is -0.468 e. The van der Waals surface area contributed by atoms with Gasteiger partial charge in [-0.1, -0.05) is 41.5 Å². The van der Waals surface area contributed by atoms with Gasteiger partial charge in [0.25, 0.3) is 0 Å². The van der Waals surface area contributed by atoms with Crippen LogP contribution in [0.5, 0.6) is 0 Å². The van der Waals surface area contributed by atoms with Crippen molar-refractivity contribution in [1.82, 2.24) is 19.5 Å². The highest BCUT2D eigenvalue weighted by Crippen LogP contribution is 2.60. The average Bonchev–Trinajstić information content (AvgIpc) is 3.48. The molecular formula is C29H54N5O8PSi2. The van der Waals surface area contributed by atoms with Crippen LogP contribution in [0, 0.1) is 5.92 Å². The molecule has 0 radical (unpaired) electrons. The highest BCUT2D eigenvalue weighted by Gasteiger charge is 2.61. The molecule has 1 unspecified atom stereocenters. The summed E-state index contributed by atoms with van der Waals surface area (Å²) in [5, 5.41) is -0.314. The van der Waals surface area contributed by atoms with Gasteiger partial charge in [-0.3, -0.25) is 13.9 Å². The Morgan fingerprint density at radius 2 is 1.60 bits per heavy atom. The van der Waals surface area contributed by atoms with E-state index < -0.39 is 60.2 Å².